The van der Waals surface area contributed by atoms with E-state index in [0.717, 1.165) is 12.7 Å². The molecular weight excluding hydrogens is 1170 g/mol. The van der Waals surface area contributed by atoms with Crippen LogP contribution in [-0.4, -0.2) is 119 Å². The second-order valence-electron chi connectivity index (χ2n) is 24.2. The Morgan fingerprint density at radius 3 is 1.15 bits per heavy atom. The smallest absolute Gasteiger partial charge is 0.369 e. The van der Waals surface area contributed by atoms with Crippen LogP contribution in [0.4, 0.5) is 57.0 Å². The number of hydrogen-bond acceptors (Lipinski definition) is 15. The van der Waals surface area contributed by atoms with Gasteiger partial charge >= 0.3 is 6.18 Å². The fourth-order valence-electron chi connectivity index (χ4n) is 12.0. The molecule has 12 rings (SSSR count). The van der Waals surface area contributed by atoms with Crippen molar-refractivity contribution < 1.29 is 53.9 Å². The minimum absolute atomic E-state index is 0.0249. The molecule has 0 atom stereocenters. The van der Waals surface area contributed by atoms with Gasteiger partial charge in [-0.05, 0) is 153 Å². The summed E-state index contributed by atoms with van der Waals surface area (Å²) < 4.78 is 123. The van der Waals surface area contributed by atoms with E-state index >= 15 is 0 Å². The van der Waals surface area contributed by atoms with Crippen molar-refractivity contribution in [3.05, 3.63) is 142 Å². The van der Waals surface area contributed by atoms with E-state index in [1.165, 1.54) is 62.4 Å². The van der Waals surface area contributed by atoms with Gasteiger partial charge in [-0.2, -0.15) is 26.3 Å². The lowest BCUT2D eigenvalue weighted by Gasteiger charge is -2.38. The third-order valence-electron chi connectivity index (χ3n) is 15.8. The molecule has 9 heterocycles. The zero-order chi connectivity index (χ0) is 63.7. The number of fused-ring (bicyclic) bond motifs is 3. The molecule has 3 aliphatic rings. The molecule has 0 bridgehead atoms. The maximum absolute atomic E-state index is 14.7. The molecule has 0 saturated heterocycles. The lowest BCUT2D eigenvalue weighted by Crippen LogP contribution is -2.37. The van der Waals surface area contributed by atoms with Crippen LogP contribution in [0.3, 0.4) is 0 Å². The van der Waals surface area contributed by atoms with Gasteiger partial charge in [0.25, 0.3) is 0 Å². The van der Waals surface area contributed by atoms with Crippen LogP contribution in [0.2, 0.25) is 0 Å². The highest BCUT2D eigenvalue weighted by Crippen LogP contribution is 2.44. The molecule has 468 valence electrons. The van der Waals surface area contributed by atoms with Gasteiger partial charge < -0.3 is 30.9 Å². The summed E-state index contributed by atoms with van der Waals surface area (Å²) in [6, 6.07) is 9.06. The maximum atomic E-state index is 14.7. The van der Waals surface area contributed by atoms with Crippen LogP contribution >= 0.6 is 0 Å². The zero-order valence-corrected chi connectivity index (χ0v) is 49.4. The normalized spacial score (nSPS) is 21.2. The summed E-state index contributed by atoms with van der Waals surface area (Å²) in [6.45, 7) is 9.93. The Morgan fingerprint density at radius 1 is 0.517 bits per heavy atom. The van der Waals surface area contributed by atoms with Gasteiger partial charge in [-0.15, -0.1) is 0 Å². The highest BCUT2D eigenvalue weighted by molar-refractivity contribution is 6.19. The monoisotopic (exact) mass is 1240 g/mol. The van der Waals surface area contributed by atoms with Crippen molar-refractivity contribution >= 4 is 67.9 Å². The Kier molecular flexibility index (Phi) is 17.9. The lowest BCUT2D eigenvalue weighted by molar-refractivity contribution is -0.115. The molecule has 3 fully saturated rings. The van der Waals surface area contributed by atoms with Crippen LogP contribution in [0.25, 0.3) is 33.1 Å². The van der Waals surface area contributed by atoms with Gasteiger partial charge in [0.2, 0.25) is 17.8 Å². The number of halogens is 9. The SMILES string of the molecule is CC(C)Nc1ncnc2[nH]cc(C(=O)c3ccc(CC4CC(C)(F)C4)nc3F)c12.CC1(F)CC(Cc2ccc(C(=O)c3c[nH]c4ncnc(NCC(F)(F)F)c34)c(F)n2)C1.CCCNc1ncnc2[nH]cc(C(=O)c3ccc(CC4CC(C)(F)C4)nc3F)c12. The van der Waals surface area contributed by atoms with Crippen molar-refractivity contribution in [1.82, 2.24) is 59.8 Å². The van der Waals surface area contributed by atoms with E-state index in [-0.39, 0.29) is 68.5 Å². The Labute approximate surface area is 504 Å². The summed E-state index contributed by atoms with van der Waals surface area (Å²) in [5.74, 6) is -3.14. The first-order valence-corrected chi connectivity index (χ1v) is 29.1. The van der Waals surface area contributed by atoms with Crippen LogP contribution in [0.15, 0.2) is 74.0 Å². The van der Waals surface area contributed by atoms with E-state index in [4.69, 9.17) is 0 Å². The van der Waals surface area contributed by atoms with Gasteiger partial charge in [-0.1, -0.05) is 6.92 Å². The number of aromatic amines is 3. The number of pyridine rings is 3. The Morgan fingerprint density at radius 2 is 0.843 bits per heavy atom. The summed E-state index contributed by atoms with van der Waals surface area (Å²) in [5.41, 5.74) is -0.909. The maximum Gasteiger partial charge on any atom is 0.405 e. The molecule has 3 saturated carbocycles. The third kappa shape index (κ3) is 14.7. The van der Waals surface area contributed by atoms with Crippen molar-refractivity contribution in [3.63, 3.8) is 0 Å². The first kappa shape index (κ1) is 63.1. The predicted octanol–water partition coefficient (Wildman–Crippen LogP) is 12.8. The minimum atomic E-state index is -4.50. The number of carbonyl (C=O) groups is 3. The number of ketones is 3. The van der Waals surface area contributed by atoms with Crippen LogP contribution in [0.1, 0.15) is 151 Å². The number of nitrogens with zero attached hydrogens (tertiary/aromatic N) is 9. The summed E-state index contributed by atoms with van der Waals surface area (Å²) >= 11 is 0. The zero-order valence-electron chi connectivity index (χ0n) is 49.4. The van der Waals surface area contributed by atoms with Gasteiger partial charge in [0.1, 0.15) is 76.9 Å². The van der Waals surface area contributed by atoms with Gasteiger partial charge in [-0.25, -0.2) is 58.0 Å². The summed E-state index contributed by atoms with van der Waals surface area (Å²) in [5, 5.41) is 9.57. The number of aromatic nitrogens is 12. The van der Waals surface area contributed by atoms with E-state index in [1.54, 1.807) is 26.0 Å². The summed E-state index contributed by atoms with van der Waals surface area (Å²) in [4.78, 5) is 83.7. The third-order valence-corrected chi connectivity index (χ3v) is 15.8. The molecule has 0 radical (unpaired) electrons. The largest absolute Gasteiger partial charge is 0.405 e. The van der Waals surface area contributed by atoms with Crippen LogP contribution in [0, 0.1) is 35.6 Å². The molecule has 0 unspecified atom stereocenters. The van der Waals surface area contributed by atoms with Crippen LogP contribution < -0.4 is 16.0 Å². The minimum Gasteiger partial charge on any atom is -0.369 e. The number of carbonyl (C=O) groups excluding carboxylic acids is 3. The van der Waals surface area contributed by atoms with Crippen molar-refractivity contribution in [2.75, 3.05) is 29.0 Å². The van der Waals surface area contributed by atoms with Gasteiger partial charge in [0.05, 0.1) is 49.5 Å². The highest BCUT2D eigenvalue weighted by Gasteiger charge is 2.42. The first-order valence-electron chi connectivity index (χ1n) is 29.1. The number of anilines is 3. The molecule has 9 aromatic rings. The van der Waals surface area contributed by atoms with Crippen LogP contribution in [0.5, 0.6) is 0 Å². The molecule has 0 aromatic carbocycles. The van der Waals surface area contributed by atoms with E-state index in [1.807, 2.05) is 20.8 Å². The number of rotatable bonds is 19. The second-order valence-corrected chi connectivity index (χ2v) is 24.2. The quantitative estimate of drug-likeness (QED) is 0.0250. The van der Waals surface area contributed by atoms with Crippen LogP contribution in [-0.2, 0) is 19.3 Å². The van der Waals surface area contributed by atoms with Crippen molar-refractivity contribution in [2.45, 2.75) is 135 Å². The van der Waals surface area contributed by atoms with E-state index in [0.29, 0.717) is 121 Å². The second kappa shape index (κ2) is 25.3. The van der Waals surface area contributed by atoms with Crippen molar-refractivity contribution in [3.8, 4) is 0 Å². The Balaban J connectivity index is 0.000000147. The van der Waals surface area contributed by atoms with Gasteiger partial charge in [-0.3, -0.25) is 14.4 Å². The van der Waals surface area contributed by atoms with Crippen molar-refractivity contribution in [1.29, 1.82) is 0 Å². The molecule has 9 aromatic heterocycles. The highest BCUT2D eigenvalue weighted by atomic mass is 19.4. The fraction of sp³-hybridized carbons (Fsp3) is 0.419. The van der Waals surface area contributed by atoms with E-state index in [9.17, 15) is 53.9 Å². The molecule has 0 spiro atoms. The van der Waals surface area contributed by atoms with E-state index < -0.39 is 64.9 Å². The van der Waals surface area contributed by atoms with Gasteiger partial charge in [0, 0.05) is 48.3 Å². The summed E-state index contributed by atoms with van der Waals surface area (Å²) in [7, 11) is 0. The Hall–Kier alpha value is -8.91. The molecular formula is C62H64F9N15O3. The number of H-pyrrole nitrogens is 3. The molecule has 27 heteroatoms. The lowest BCUT2D eigenvalue weighted by atomic mass is 9.71. The molecule has 18 nitrogen and oxygen atoms in total. The number of alkyl halides is 6. The molecule has 6 N–H and O–H groups in total. The standard InChI is InChI=1S/2C21H23F2N5O.C20H18F5N5O/c1-11(2)27-20-16-15(9-24-19(16)25-10-26-20)17(29)14-5-4-13(28-18(14)22)6-12-7-21(3,23)8-12;1-3-6-24-19-16-15(10-25-20(16)27-11-26-19)17(29)14-5-4-13(28-18(14)22)7-12-8-21(2,23)9-12;1-19(22)5-10(6-19)4-11-2-3-12(16(21)30-11)15(31)13-7-26-17-14(13)18(29-9-28-17)27-8-20(23,24)25/h4-5,9-12H,6-8H2,1-3H3,(H2,24,25,26,27);4-5,10-12H,3,6-9H2,1-2H3,(H2,24,25,26,27);2-3,7,9-10H,4-6,8H2,1H3,(H2,26,27,28,29). The van der Waals surface area contributed by atoms with E-state index in [2.05, 4.69) is 75.8 Å². The average Bonchev–Trinajstić information content (AvgIpc) is 1.83. The molecule has 0 amide bonds. The first-order chi connectivity index (χ1) is 42.1. The number of hydrogen-bond donors (Lipinski definition) is 6. The predicted molar refractivity (Wildman–Crippen MR) is 314 cm³/mol. The summed E-state index contributed by atoms with van der Waals surface area (Å²) in [6.07, 6.45) is 8.52. The molecule has 0 aliphatic heterocycles. The topological polar surface area (TPSA) is 251 Å². The van der Waals surface area contributed by atoms with Crippen molar-refractivity contribution in [2.24, 2.45) is 17.8 Å². The van der Waals surface area contributed by atoms with Gasteiger partial charge in [0.15, 0.2) is 17.3 Å². The Bertz CT molecular complexity index is 4080. The molecule has 89 heavy (non-hydrogen) atoms. The number of nitrogens with one attached hydrogen (secondary N) is 6. The fourth-order valence-corrected chi connectivity index (χ4v) is 12.0. The average molecular weight is 1240 g/mol. The molecule has 3 aliphatic carbocycles.